The van der Waals surface area contributed by atoms with Gasteiger partial charge in [0.25, 0.3) is 0 Å². The molecule has 0 spiro atoms. The van der Waals surface area contributed by atoms with Crippen molar-refractivity contribution in [2.75, 3.05) is 0 Å². The Hall–Kier alpha value is -3.52. The predicted octanol–water partition coefficient (Wildman–Crippen LogP) is 7.37. The summed E-state index contributed by atoms with van der Waals surface area (Å²) >= 11 is 0. The first-order chi connectivity index (χ1) is 15.0. The zero-order chi connectivity index (χ0) is 23.0. The van der Waals surface area contributed by atoms with E-state index in [9.17, 15) is 0 Å². The zero-order valence-electron chi connectivity index (χ0n) is 19.5. The van der Waals surface area contributed by atoms with E-state index in [1.54, 1.807) is 6.20 Å². The third-order valence-electron chi connectivity index (χ3n) is 5.24. The van der Waals surface area contributed by atoms with Gasteiger partial charge in [0.05, 0.1) is 0 Å². The standard InChI is InChI=1S/C21H17N.C6H11N.C2H6/c1-4-14-6-7-16-12-17-10-11-22-13(3)19(17)18-9-8-15(5-2)20(14)21(16)18;1-4-6(3)7-5-2;1-2/h4-12,22H,1,3H2,2H3;4-5,7H,2H2,1,3H3;1-2H3/b15-5-;6-4-;. The molecule has 0 fully saturated rings. The minimum absolute atomic E-state index is 0.956. The summed E-state index contributed by atoms with van der Waals surface area (Å²) in [6.45, 7) is 21.7. The van der Waals surface area contributed by atoms with Crippen LogP contribution in [0.25, 0.3) is 45.5 Å². The summed E-state index contributed by atoms with van der Waals surface area (Å²) in [4.78, 5) is 0. The second-order valence-corrected chi connectivity index (χ2v) is 6.94. The van der Waals surface area contributed by atoms with E-state index < -0.39 is 0 Å². The molecule has 0 saturated carbocycles. The minimum Gasteiger partial charge on any atom is -0.366 e. The van der Waals surface area contributed by atoms with Gasteiger partial charge in [0.1, 0.15) is 0 Å². The highest BCUT2D eigenvalue weighted by molar-refractivity contribution is 6.17. The quantitative estimate of drug-likeness (QED) is 0.471. The second kappa shape index (κ2) is 11.0. The van der Waals surface area contributed by atoms with Crippen LogP contribution in [0.15, 0.2) is 74.2 Å². The van der Waals surface area contributed by atoms with Crippen LogP contribution in [0, 0.1) is 0 Å². The number of allylic oxidation sites excluding steroid dienone is 2. The largest absolute Gasteiger partial charge is 0.366 e. The fourth-order valence-corrected chi connectivity index (χ4v) is 3.73. The molecule has 0 unspecified atom stereocenters. The predicted molar refractivity (Wildman–Crippen MR) is 142 cm³/mol. The summed E-state index contributed by atoms with van der Waals surface area (Å²) in [5.74, 6) is 0. The first-order valence-corrected chi connectivity index (χ1v) is 10.8. The lowest BCUT2D eigenvalue weighted by atomic mass is 9.88. The van der Waals surface area contributed by atoms with E-state index in [0.717, 1.165) is 11.4 Å². The Morgan fingerprint density at radius 3 is 2.35 bits per heavy atom. The Morgan fingerprint density at radius 2 is 1.77 bits per heavy atom. The molecule has 0 atom stereocenters. The van der Waals surface area contributed by atoms with E-state index >= 15 is 0 Å². The van der Waals surface area contributed by atoms with E-state index in [0.29, 0.717) is 0 Å². The van der Waals surface area contributed by atoms with Crippen molar-refractivity contribution in [2.45, 2.75) is 34.6 Å². The monoisotopic (exact) mass is 410 g/mol. The number of benzene rings is 3. The molecule has 31 heavy (non-hydrogen) atoms. The van der Waals surface area contributed by atoms with Gasteiger partial charge >= 0.3 is 0 Å². The van der Waals surface area contributed by atoms with Crippen LogP contribution in [0.3, 0.4) is 0 Å². The topological polar surface area (TPSA) is 24.1 Å². The lowest BCUT2D eigenvalue weighted by Gasteiger charge is -2.20. The Balaban J connectivity index is 0.000000327. The third kappa shape index (κ3) is 4.80. The van der Waals surface area contributed by atoms with Gasteiger partial charge in [0, 0.05) is 23.2 Å². The third-order valence-corrected chi connectivity index (χ3v) is 5.24. The van der Waals surface area contributed by atoms with Crippen LogP contribution in [0.5, 0.6) is 0 Å². The lowest BCUT2D eigenvalue weighted by molar-refractivity contribution is 1.06. The number of fused-ring (bicyclic) bond motifs is 2. The molecule has 2 heteroatoms. The van der Waals surface area contributed by atoms with Crippen molar-refractivity contribution in [1.82, 2.24) is 10.6 Å². The molecule has 0 aromatic heterocycles. The van der Waals surface area contributed by atoms with E-state index in [4.69, 9.17) is 0 Å². The van der Waals surface area contributed by atoms with Crippen LogP contribution in [-0.4, -0.2) is 0 Å². The van der Waals surface area contributed by atoms with Gasteiger partial charge in [-0.05, 0) is 77.0 Å². The van der Waals surface area contributed by atoms with Crippen molar-refractivity contribution in [3.8, 4) is 0 Å². The molecule has 2 nitrogen and oxygen atoms in total. The van der Waals surface area contributed by atoms with Crippen molar-refractivity contribution >= 4 is 45.5 Å². The molecule has 3 aromatic rings. The van der Waals surface area contributed by atoms with Gasteiger partial charge in [0.15, 0.2) is 0 Å². The van der Waals surface area contributed by atoms with Gasteiger partial charge in [-0.1, -0.05) is 76.1 Å². The molecule has 1 aliphatic heterocycles. The molecule has 0 amide bonds. The Labute approximate surface area is 187 Å². The maximum Gasteiger partial charge on any atom is 0.0392 e. The van der Waals surface area contributed by atoms with Crippen LogP contribution in [-0.2, 0) is 0 Å². The molecular formula is C29H34N2. The smallest absolute Gasteiger partial charge is 0.0392 e. The first-order valence-electron chi connectivity index (χ1n) is 10.8. The van der Waals surface area contributed by atoms with Crippen LogP contribution in [0.2, 0.25) is 0 Å². The van der Waals surface area contributed by atoms with Crippen molar-refractivity contribution in [2.24, 2.45) is 0 Å². The summed E-state index contributed by atoms with van der Waals surface area (Å²) in [6.07, 6.45) is 11.8. The van der Waals surface area contributed by atoms with Crippen LogP contribution in [0.4, 0.5) is 0 Å². The number of hydrogen-bond donors (Lipinski definition) is 2. The molecule has 0 radical (unpaired) electrons. The summed E-state index contributed by atoms with van der Waals surface area (Å²) in [7, 11) is 0. The summed E-state index contributed by atoms with van der Waals surface area (Å²) in [6, 6.07) is 11.0. The Bertz CT molecular complexity index is 1220. The van der Waals surface area contributed by atoms with Crippen LogP contribution >= 0.6 is 0 Å². The second-order valence-electron chi connectivity index (χ2n) is 6.94. The normalized spacial score (nSPS) is 12.9. The summed E-state index contributed by atoms with van der Waals surface area (Å²) < 4.78 is 0. The highest BCUT2D eigenvalue weighted by Crippen LogP contribution is 2.36. The summed E-state index contributed by atoms with van der Waals surface area (Å²) in [5, 5.41) is 12.5. The van der Waals surface area contributed by atoms with Gasteiger partial charge < -0.3 is 10.6 Å². The van der Waals surface area contributed by atoms with Gasteiger partial charge in [0.2, 0.25) is 0 Å². The summed E-state index contributed by atoms with van der Waals surface area (Å²) in [5.41, 5.74) is 5.69. The van der Waals surface area contributed by atoms with E-state index in [-0.39, 0.29) is 0 Å². The van der Waals surface area contributed by atoms with E-state index in [2.05, 4.69) is 79.8 Å². The van der Waals surface area contributed by atoms with E-state index in [1.165, 1.54) is 43.5 Å². The average Bonchev–Trinajstić information content (AvgIpc) is 2.81. The lowest BCUT2D eigenvalue weighted by Crippen LogP contribution is -2.11. The van der Waals surface area contributed by atoms with Crippen molar-refractivity contribution < 1.29 is 0 Å². The maximum atomic E-state index is 4.18. The molecule has 4 rings (SSSR count). The molecule has 0 aliphatic carbocycles. The van der Waals surface area contributed by atoms with Gasteiger partial charge in [-0.2, -0.15) is 0 Å². The van der Waals surface area contributed by atoms with Gasteiger partial charge in [-0.3, -0.25) is 0 Å². The first kappa shape index (κ1) is 23.8. The highest BCUT2D eigenvalue weighted by atomic mass is 14.9. The average molecular weight is 411 g/mol. The maximum absolute atomic E-state index is 4.18. The molecule has 3 aromatic carbocycles. The molecule has 1 aliphatic rings. The number of hydrogen-bond acceptors (Lipinski definition) is 2. The molecule has 1 heterocycles. The minimum atomic E-state index is 0.956. The number of nitrogens with one attached hydrogen (secondary N) is 2. The molecular weight excluding hydrogens is 376 g/mol. The fourth-order valence-electron chi connectivity index (χ4n) is 3.73. The van der Waals surface area contributed by atoms with Crippen LogP contribution < -0.4 is 15.9 Å². The van der Waals surface area contributed by atoms with Crippen LogP contribution in [0.1, 0.15) is 51.3 Å². The fraction of sp³-hybridized carbons (Fsp3) is 0.172. The van der Waals surface area contributed by atoms with Gasteiger partial charge in [-0.15, -0.1) is 0 Å². The van der Waals surface area contributed by atoms with E-state index in [1.807, 2.05) is 46.0 Å². The number of rotatable bonds is 3. The molecule has 160 valence electrons. The van der Waals surface area contributed by atoms with Crippen molar-refractivity contribution in [3.05, 3.63) is 96.2 Å². The Kier molecular flexibility index (Phi) is 8.45. The molecule has 0 bridgehead atoms. The molecule has 2 N–H and O–H groups in total. The molecule has 0 saturated heterocycles. The van der Waals surface area contributed by atoms with Crippen molar-refractivity contribution in [1.29, 1.82) is 0 Å². The Morgan fingerprint density at radius 1 is 1.03 bits per heavy atom. The van der Waals surface area contributed by atoms with Crippen molar-refractivity contribution in [3.63, 3.8) is 0 Å². The highest BCUT2D eigenvalue weighted by Gasteiger charge is 2.16. The van der Waals surface area contributed by atoms with Gasteiger partial charge in [-0.25, -0.2) is 0 Å². The zero-order valence-corrected chi connectivity index (χ0v) is 19.5. The SMILES string of the molecule is C=CN/C(C)=C\C.C=Cc1ccc2cc3c(c4cc/c(=C/C)c1c24)C(=C)NC=C3.CC.